The van der Waals surface area contributed by atoms with E-state index in [4.69, 9.17) is 14.2 Å². The van der Waals surface area contributed by atoms with Crippen LogP contribution < -0.4 is 14.8 Å². The Morgan fingerprint density at radius 3 is 3.00 bits per heavy atom. The van der Waals surface area contributed by atoms with E-state index in [2.05, 4.69) is 15.3 Å². The minimum atomic E-state index is -0.102. The number of hydrogen-bond donors (Lipinski definition) is 1. The maximum Gasteiger partial charge on any atom is 0.317 e. The number of nitrogens with one attached hydrogen (secondary N) is 1. The summed E-state index contributed by atoms with van der Waals surface area (Å²) in [6, 6.07) is -0.102. The molecule has 2 heterocycles. The molecular weight excluding hydrogens is 276 g/mol. The van der Waals surface area contributed by atoms with Crippen LogP contribution in [0.1, 0.15) is 6.42 Å². The van der Waals surface area contributed by atoms with E-state index in [9.17, 15) is 4.79 Å². The SMILES string of the molecule is COCCNC(=O)N1CCC(Oc2cncc(OC)n2)C1. The molecule has 2 amide bonds. The lowest BCUT2D eigenvalue weighted by Crippen LogP contribution is -2.40. The molecule has 1 unspecified atom stereocenters. The zero-order valence-corrected chi connectivity index (χ0v) is 12.2. The monoisotopic (exact) mass is 296 g/mol. The number of aromatic nitrogens is 2. The number of carbonyl (C=O) groups is 1. The smallest absolute Gasteiger partial charge is 0.317 e. The van der Waals surface area contributed by atoms with Crippen LogP contribution in [0, 0.1) is 0 Å². The average Bonchev–Trinajstić information content (AvgIpc) is 2.96. The maximum atomic E-state index is 11.9. The number of nitrogens with zero attached hydrogens (tertiary/aromatic N) is 3. The van der Waals surface area contributed by atoms with Gasteiger partial charge in [-0.1, -0.05) is 0 Å². The van der Waals surface area contributed by atoms with Crippen LogP contribution in [-0.4, -0.2) is 67.5 Å². The predicted molar refractivity (Wildman–Crippen MR) is 74.5 cm³/mol. The number of ether oxygens (including phenoxy) is 3. The Bertz CT molecular complexity index is 471. The summed E-state index contributed by atoms with van der Waals surface area (Å²) in [5.74, 6) is 0.806. The van der Waals surface area contributed by atoms with Crippen molar-refractivity contribution in [1.82, 2.24) is 20.2 Å². The Morgan fingerprint density at radius 1 is 1.43 bits per heavy atom. The summed E-state index contributed by atoms with van der Waals surface area (Å²) < 4.78 is 15.6. The fourth-order valence-corrected chi connectivity index (χ4v) is 2.04. The Balaban J connectivity index is 1.80. The first-order valence-corrected chi connectivity index (χ1v) is 6.77. The summed E-state index contributed by atoms with van der Waals surface area (Å²) in [6.45, 7) is 2.18. The fourth-order valence-electron chi connectivity index (χ4n) is 2.04. The van der Waals surface area contributed by atoms with Gasteiger partial charge in [-0.3, -0.25) is 4.98 Å². The van der Waals surface area contributed by atoms with Crippen LogP contribution >= 0.6 is 0 Å². The molecule has 0 spiro atoms. The Kier molecular flexibility index (Phi) is 5.56. The molecule has 21 heavy (non-hydrogen) atoms. The highest BCUT2D eigenvalue weighted by Crippen LogP contribution is 2.17. The number of methoxy groups -OCH3 is 2. The zero-order valence-electron chi connectivity index (χ0n) is 12.2. The summed E-state index contributed by atoms with van der Waals surface area (Å²) in [6.07, 6.45) is 3.72. The molecule has 0 saturated carbocycles. The summed E-state index contributed by atoms with van der Waals surface area (Å²) in [5, 5.41) is 2.79. The van der Waals surface area contributed by atoms with E-state index in [-0.39, 0.29) is 12.1 Å². The van der Waals surface area contributed by atoms with Gasteiger partial charge < -0.3 is 24.4 Å². The first kappa shape index (κ1) is 15.3. The van der Waals surface area contributed by atoms with Crippen molar-refractivity contribution in [1.29, 1.82) is 0 Å². The molecule has 0 radical (unpaired) electrons. The second-order valence-corrected chi connectivity index (χ2v) is 4.60. The van der Waals surface area contributed by atoms with Gasteiger partial charge in [0.15, 0.2) is 0 Å². The topological polar surface area (TPSA) is 85.8 Å². The quantitative estimate of drug-likeness (QED) is 0.760. The van der Waals surface area contributed by atoms with E-state index < -0.39 is 0 Å². The van der Waals surface area contributed by atoms with E-state index >= 15 is 0 Å². The number of urea groups is 1. The molecular formula is C13H20N4O4. The van der Waals surface area contributed by atoms with Crippen LogP contribution in [-0.2, 0) is 4.74 Å². The largest absolute Gasteiger partial charge is 0.480 e. The molecule has 1 aromatic heterocycles. The van der Waals surface area contributed by atoms with E-state index in [0.29, 0.717) is 38.0 Å². The Morgan fingerprint density at radius 2 is 2.24 bits per heavy atom. The Hall–Kier alpha value is -2.09. The summed E-state index contributed by atoms with van der Waals surface area (Å²) >= 11 is 0. The first-order valence-electron chi connectivity index (χ1n) is 6.77. The Labute approximate surface area is 123 Å². The highest BCUT2D eigenvalue weighted by atomic mass is 16.5. The molecule has 8 heteroatoms. The zero-order chi connectivity index (χ0) is 15.1. The van der Waals surface area contributed by atoms with Gasteiger partial charge in [0.2, 0.25) is 11.8 Å². The van der Waals surface area contributed by atoms with E-state index in [1.54, 1.807) is 12.0 Å². The van der Waals surface area contributed by atoms with Crippen LogP contribution in [0.4, 0.5) is 4.79 Å². The lowest BCUT2D eigenvalue weighted by atomic mass is 10.3. The normalized spacial score (nSPS) is 17.6. The van der Waals surface area contributed by atoms with Gasteiger partial charge >= 0.3 is 6.03 Å². The highest BCUT2D eigenvalue weighted by Gasteiger charge is 2.27. The molecule has 1 aliphatic rings. The number of rotatable bonds is 6. The van der Waals surface area contributed by atoms with Gasteiger partial charge in [0.1, 0.15) is 6.10 Å². The lowest BCUT2D eigenvalue weighted by molar-refractivity contribution is 0.173. The van der Waals surface area contributed by atoms with Crippen LogP contribution in [0.3, 0.4) is 0 Å². The highest BCUT2D eigenvalue weighted by molar-refractivity contribution is 5.74. The molecule has 1 saturated heterocycles. The molecule has 1 N–H and O–H groups in total. The van der Waals surface area contributed by atoms with E-state index in [1.165, 1.54) is 19.5 Å². The number of amides is 2. The molecule has 2 rings (SSSR count). The number of likely N-dealkylation sites (tertiary alicyclic amines) is 1. The molecule has 0 aromatic carbocycles. The fraction of sp³-hybridized carbons (Fsp3) is 0.615. The average molecular weight is 296 g/mol. The van der Waals surface area contributed by atoms with Gasteiger partial charge in [0.05, 0.1) is 32.7 Å². The molecule has 1 fully saturated rings. The standard InChI is InChI=1S/C13H20N4O4/c1-19-6-4-15-13(18)17-5-3-10(9-17)21-12-8-14-7-11(16-12)20-2/h7-8,10H,3-6,9H2,1-2H3,(H,15,18). The van der Waals surface area contributed by atoms with Crippen LogP contribution in [0.5, 0.6) is 11.8 Å². The first-order chi connectivity index (χ1) is 10.2. The third-order valence-electron chi connectivity index (χ3n) is 3.10. The van der Waals surface area contributed by atoms with Gasteiger partial charge in [-0.05, 0) is 0 Å². The predicted octanol–water partition coefficient (Wildman–Crippen LogP) is 0.294. The van der Waals surface area contributed by atoms with Crippen molar-refractivity contribution >= 4 is 6.03 Å². The van der Waals surface area contributed by atoms with Crippen molar-refractivity contribution in [2.24, 2.45) is 0 Å². The molecule has 0 bridgehead atoms. The van der Waals surface area contributed by atoms with Crippen molar-refractivity contribution in [2.75, 3.05) is 40.5 Å². The van der Waals surface area contributed by atoms with Gasteiger partial charge in [-0.2, -0.15) is 4.98 Å². The maximum absolute atomic E-state index is 11.9. The number of carbonyl (C=O) groups excluding carboxylic acids is 1. The molecule has 8 nitrogen and oxygen atoms in total. The lowest BCUT2D eigenvalue weighted by Gasteiger charge is -2.17. The van der Waals surface area contributed by atoms with Crippen molar-refractivity contribution in [3.05, 3.63) is 12.4 Å². The number of hydrogen-bond acceptors (Lipinski definition) is 6. The van der Waals surface area contributed by atoms with E-state index in [0.717, 1.165) is 6.42 Å². The van der Waals surface area contributed by atoms with Gasteiger partial charge in [0.25, 0.3) is 0 Å². The minimum absolute atomic E-state index is 0.0837. The second-order valence-electron chi connectivity index (χ2n) is 4.60. The van der Waals surface area contributed by atoms with Crippen molar-refractivity contribution < 1.29 is 19.0 Å². The molecule has 116 valence electrons. The van der Waals surface area contributed by atoms with Crippen LogP contribution in [0.2, 0.25) is 0 Å². The summed E-state index contributed by atoms with van der Waals surface area (Å²) in [4.78, 5) is 21.7. The van der Waals surface area contributed by atoms with Crippen molar-refractivity contribution in [2.45, 2.75) is 12.5 Å². The van der Waals surface area contributed by atoms with Crippen LogP contribution in [0.25, 0.3) is 0 Å². The van der Waals surface area contributed by atoms with Crippen LogP contribution in [0.15, 0.2) is 12.4 Å². The van der Waals surface area contributed by atoms with Crippen molar-refractivity contribution in [3.8, 4) is 11.8 Å². The van der Waals surface area contributed by atoms with Gasteiger partial charge in [0, 0.05) is 26.6 Å². The molecule has 1 aliphatic heterocycles. The molecule has 1 aromatic rings. The second kappa shape index (κ2) is 7.63. The summed E-state index contributed by atoms with van der Waals surface area (Å²) in [5.41, 5.74) is 0. The molecule has 1 atom stereocenters. The molecule has 0 aliphatic carbocycles. The van der Waals surface area contributed by atoms with Crippen molar-refractivity contribution in [3.63, 3.8) is 0 Å². The van der Waals surface area contributed by atoms with Gasteiger partial charge in [-0.15, -0.1) is 0 Å². The third-order valence-corrected chi connectivity index (χ3v) is 3.10. The summed E-state index contributed by atoms with van der Waals surface area (Å²) in [7, 11) is 3.12. The van der Waals surface area contributed by atoms with Gasteiger partial charge in [-0.25, -0.2) is 4.79 Å². The van der Waals surface area contributed by atoms with E-state index in [1.807, 2.05) is 0 Å². The third kappa shape index (κ3) is 4.45. The minimum Gasteiger partial charge on any atom is -0.480 e.